The first-order valence-corrected chi connectivity index (χ1v) is 11.9. The van der Waals surface area contributed by atoms with Crippen molar-refractivity contribution in [2.24, 2.45) is 4.99 Å². The van der Waals surface area contributed by atoms with E-state index in [1.807, 2.05) is 31.2 Å². The number of fused-ring (bicyclic) bond motifs is 1. The number of para-hydroxylation sites is 1. The molecule has 0 fully saturated rings. The molecule has 0 saturated carbocycles. The fourth-order valence-electron chi connectivity index (χ4n) is 3.27. The summed E-state index contributed by atoms with van der Waals surface area (Å²) in [6.07, 6.45) is 1.76. The summed E-state index contributed by atoms with van der Waals surface area (Å²) in [5, 5.41) is 6.32. The lowest BCUT2D eigenvalue weighted by Crippen LogP contribution is -2.42. The Labute approximate surface area is 175 Å². The number of hydrogen-bond donors (Lipinski definition) is 2. The highest BCUT2D eigenvalue weighted by atomic mass is 32.2. The first-order chi connectivity index (χ1) is 14.0. The number of guanidine groups is 1. The second-order valence-electron chi connectivity index (χ2n) is 7.10. The van der Waals surface area contributed by atoms with Gasteiger partial charge in [-0.05, 0) is 38.4 Å². The molecule has 0 aliphatic carbocycles. The number of ether oxygens (including phenoxy) is 1. The summed E-state index contributed by atoms with van der Waals surface area (Å²) < 4.78 is 32.1. The Kier molecular flexibility index (Phi) is 9.69. The quantitative estimate of drug-likeness (QED) is 0.294. The van der Waals surface area contributed by atoms with E-state index in [4.69, 9.17) is 4.74 Å². The number of nitrogens with one attached hydrogen (secondary N) is 2. The van der Waals surface area contributed by atoms with E-state index < -0.39 is 10.0 Å². The van der Waals surface area contributed by atoms with Gasteiger partial charge in [-0.2, -0.15) is 0 Å². The smallest absolute Gasteiger partial charge is 0.236 e. The second-order valence-corrected chi connectivity index (χ2v) is 9.12. The minimum absolute atomic E-state index is 0.0304. The lowest BCUT2D eigenvalue weighted by Gasteiger charge is -2.20. The minimum Gasteiger partial charge on any atom is -0.385 e. The standard InChI is InChI=1S/C20H35N5O3S/c1-4-21-20(22-11-15-24(2)13-7-16-28-3)23-12-17-29(26,27)25-14-10-18-8-5-6-9-19(18)25/h5-6,8-9H,4,7,10-17H2,1-3H3,(H2,21,22,23). The molecule has 0 amide bonds. The van der Waals surface area contributed by atoms with Gasteiger partial charge in [0, 0.05) is 46.4 Å². The average molecular weight is 426 g/mol. The Morgan fingerprint density at radius 1 is 1.28 bits per heavy atom. The van der Waals surface area contributed by atoms with Crippen molar-refractivity contribution in [1.29, 1.82) is 0 Å². The van der Waals surface area contributed by atoms with Crippen molar-refractivity contribution in [3.05, 3.63) is 29.8 Å². The van der Waals surface area contributed by atoms with Gasteiger partial charge in [-0.1, -0.05) is 18.2 Å². The monoisotopic (exact) mass is 425 g/mol. The lowest BCUT2D eigenvalue weighted by atomic mass is 10.2. The highest BCUT2D eigenvalue weighted by molar-refractivity contribution is 7.92. The largest absolute Gasteiger partial charge is 0.385 e. The zero-order chi connectivity index (χ0) is 21.1. The van der Waals surface area contributed by atoms with Crippen molar-refractivity contribution in [3.63, 3.8) is 0 Å². The van der Waals surface area contributed by atoms with E-state index in [0.717, 1.165) is 50.3 Å². The third kappa shape index (κ3) is 7.49. The van der Waals surface area contributed by atoms with Gasteiger partial charge in [0.15, 0.2) is 5.96 Å². The molecular formula is C20H35N5O3S. The Balaban J connectivity index is 1.81. The molecule has 0 aromatic heterocycles. The van der Waals surface area contributed by atoms with Crippen LogP contribution in [0.4, 0.5) is 5.69 Å². The summed E-state index contributed by atoms with van der Waals surface area (Å²) >= 11 is 0. The van der Waals surface area contributed by atoms with Crippen molar-refractivity contribution in [3.8, 4) is 0 Å². The van der Waals surface area contributed by atoms with Crippen molar-refractivity contribution in [1.82, 2.24) is 15.5 Å². The second kappa shape index (κ2) is 12.0. The van der Waals surface area contributed by atoms with Gasteiger partial charge in [0.25, 0.3) is 0 Å². The molecule has 8 nitrogen and oxygen atoms in total. The molecule has 2 N–H and O–H groups in total. The third-order valence-electron chi connectivity index (χ3n) is 4.82. The number of rotatable bonds is 12. The van der Waals surface area contributed by atoms with E-state index in [2.05, 4.69) is 27.6 Å². The summed E-state index contributed by atoms with van der Waals surface area (Å²) in [6.45, 7) is 6.75. The molecule has 0 saturated heterocycles. The number of sulfonamides is 1. The van der Waals surface area contributed by atoms with E-state index >= 15 is 0 Å². The van der Waals surface area contributed by atoms with E-state index in [1.165, 1.54) is 4.31 Å². The maximum Gasteiger partial charge on any atom is 0.236 e. The number of hydrogen-bond acceptors (Lipinski definition) is 5. The SMILES string of the molecule is CCNC(=NCCN(C)CCCOC)NCCS(=O)(=O)N1CCc2ccccc21. The van der Waals surface area contributed by atoms with Crippen molar-refractivity contribution < 1.29 is 13.2 Å². The van der Waals surface area contributed by atoms with Crippen LogP contribution in [-0.2, 0) is 21.2 Å². The van der Waals surface area contributed by atoms with Gasteiger partial charge < -0.3 is 20.3 Å². The van der Waals surface area contributed by atoms with Crippen molar-refractivity contribution >= 4 is 21.7 Å². The molecular weight excluding hydrogens is 390 g/mol. The van der Waals surface area contributed by atoms with Crippen LogP contribution in [0.2, 0.25) is 0 Å². The van der Waals surface area contributed by atoms with Gasteiger partial charge in [-0.3, -0.25) is 9.30 Å². The topological polar surface area (TPSA) is 86.3 Å². The molecule has 1 aromatic carbocycles. The summed E-state index contributed by atoms with van der Waals surface area (Å²) in [7, 11) is 0.408. The molecule has 2 rings (SSSR count). The minimum atomic E-state index is -3.36. The highest BCUT2D eigenvalue weighted by Crippen LogP contribution is 2.29. The molecule has 0 unspecified atom stereocenters. The van der Waals surface area contributed by atoms with Gasteiger partial charge in [-0.25, -0.2) is 8.42 Å². The van der Waals surface area contributed by atoms with Crippen LogP contribution >= 0.6 is 0 Å². The number of benzene rings is 1. The average Bonchev–Trinajstić information content (AvgIpc) is 3.13. The molecule has 29 heavy (non-hydrogen) atoms. The maximum absolute atomic E-state index is 12.8. The molecule has 164 valence electrons. The number of likely N-dealkylation sites (N-methyl/N-ethyl adjacent to an activating group) is 1. The number of aliphatic imine (C=N–C) groups is 1. The highest BCUT2D eigenvalue weighted by Gasteiger charge is 2.28. The van der Waals surface area contributed by atoms with Crippen LogP contribution in [0, 0.1) is 0 Å². The van der Waals surface area contributed by atoms with Gasteiger partial charge in [0.05, 0.1) is 18.0 Å². The molecule has 1 heterocycles. The molecule has 0 bridgehead atoms. The predicted octanol–water partition coefficient (Wildman–Crippen LogP) is 0.902. The van der Waals surface area contributed by atoms with E-state index in [-0.39, 0.29) is 5.75 Å². The fraction of sp³-hybridized carbons (Fsp3) is 0.650. The molecule has 1 aliphatic rings. The number of anilines is 1. The van der Waals surface area contributed by atoms with E-state index in [1.54, 1.807) is 7.11 Å². The number of methoxy groups -OCH3 is 1. The summed E-state index contributed by atoms with van der Waals surface area (Å²) in [5.41, 5.74) is 1.90. The first-order valence-electron chi connectivity index (χ1n) is 10.3. The fourth-order valence-corrected chi connectivity index (χ4v) is 4.70. The zero-order valence-corrected chi connectivity index (χ0v) is 18.7. The van der Waals surface area contributed by atoms with Gasteiger partial charge in [0.2, 0.25) is 10.0 Å². The van der Waals surface area contributed by atoms with E-state index in [9.17, 15) is 8.42 Å². The maximum atomic E-state index is 12.8. The lowest BCUT2D eigenvalue weighted by molar-refractivity contribution is 0.180. The van der Waals surface area contributed by atoms with Crippen molar-refractivity contribution in [2.75, 3.05) is 70.1 Å². The Morgan fingerprint density at radius 2 is 2.07 bits per heavy atom. The summed E-state index contributed by atoms with van der Waals surface area (Å²) in [5.74, 6) is 0.678. The molecule has 0 radical (unpaired) electrons. The van der Waals surface area contributed by atoms with Gasteiger partial charge in [-0.15, -0.1) is 0 Å². The molecule has 1 aromatic rings. The van der Waals surface area contributed by atoms with Crippen LogP contribution in [0.1, 0.15) is 18.9 Å². The van der Waals surface area contributed by atoms with Gasteiger partial charge in [0.1, 0.15) is 0 Å². The third-order valence-corrected chi connectivity index (χ3v) is 6.59. The van der Waals surface area contributed by atoms with Crippen LogP contribution in [-0.4, -0.2) is 85.1 Å². The van der Waals surface area contributed by atoms with Crippen LogP contribution < -0.4 is 14.9 Å². The van der Waals surface area contributed by atoms with Crippen LogP contribution in [0.5, 0.6) is 0 Å². The van der Waals surface area contributed by atoms with E-state index in [0.29, 0.717) is 25.6 Å². The Morgan fingerprint density at radius 3 is 2.83 bits per heavy atom. The molecule has 9 heteroatoms. The Bertz CT molecular complexity index is 754. The number of nitrogens with zero attached hydrogens (tertiary/aromatic N) is 3. The zero-order valence-electron chi connectivity index (χ0n) is 17.9. The van der Waals surface area contributed by atoms with Crippen LogP contribution in [0.3, 0.4) is 0 Å². The Hall–Kier alpha value is -1.84. The molecule has 1 aliphatic heterocycles. The molecule has 0 spiro atoms. The van der Waals surface area contributed by atoms with Crippen LogP contribution in [0.15, 0.2) is 29.3 Å². The molecule has 0 atom stereocenters. The van der Waals surface area contributed by atoms with Crippen molar-refractivity contribution in [2.45, 2.75) is 19.8 Å². The summed E-state index contributed by atoms with van der Waals surface area (Å²) in [6, 6.07) is 7.70. The van der Waals surface area contributed by atoms with Gasteiger partial charge >= 0.3 is 0 Å². The van der Waals surface area contributed by atoms with Crippen LogP contribution in [0.25, 0.3) is 0 Å². The first kappa shape index (κ1) is 23.4. The predicted molar refractivity (Wildman–Crippen MR) is 119 cm³/mol. The normalized spacial score (nSPS) is 14.3. The summed E-state index contributed by atoms with van der Waals surface area (Å²) in [4.78, 5) is 6.76.